The van der Waals surface area contributed by atoms with Crippen molar-refractivity contribution in [3.63, 3.8) is 0 Å². The monoisotopic (exact) mass is 216 g/mol. The topological polar surface area (TPSA) is 27.1 Å². The van der Waals surface area contributed by atoms with Crippen LogP contribution < -0.4 is 4.90 Å². The molecule has 0 aliphatic heterocycles. The van der Waals surface area contributed by atoms with E-state index in [0.717, 1.165) is 5.69 Å². The third-order valence-electron chi connectivity index (χ3n) is 2.73. The predicted molar refractivity (Wildman–Crippen MR) is 71.3 cm³/mol. The lowest BCUT2D eigenvalue weighted by Gasteiger charge is -2.25. The van der Waals surface area contributed by atoms with Crippen LogP contribution in [0.4, 0.5) is 5.69 Å². The zero-order valence-electron chi connectivity index (χ0n) is 10.5. The van der Waals surface area contributed by atoms with E-state index in [1.54, 1.807) is 11.1 Å². The smallest absolute Gasteiger partial charge is 0.0902 e. The SMILES string of the molecule is C=CN(C=N)c1cccc(C(C)(C)C)c1C. The highest BCUT2D eigenvalue weighted by Crippen LogP contribution is 2.31. The molecular formula is C14H20N2. The van der Waals surface area contributed by atoms with Crippen LogP contribution in [0.25, 0.3) is 0 Å². The van der Waals surface area contributed by atoms with E-state index in [2.05, 4.69) is 40.3 Å². The van der Waals surface area contributed by atoms with E-state index < -0.39 is 0 Å². The van der Waals surface area contributed by atoms with E-state index >= 15 is 0 Å². The van der Waals surface area contributed by atoms with E-state index in [0.29, 0.717) is 0 Å². The zero-order valence-corrected chi connectivity index (χ0v) is 10.5. The normalized spacial score (nSPS) is 11.0. The van der Waals surface area contributed by atoms with Gasteiger partial charge < -0.3 is 4.90 Å². The third-order valence-corrected chi connectivity index (χ3v) is 2.73. The molecule has 0 amide bonds. The first-order valence-corrected chi connectivity index (χ1v) is 5.43. The number of rotatable bonds is 3. The minimum absolute atomic E-state index is 0.120. The van der Waals surface area contributed by atoms with Crippen molar-refractivity contribution in [1.82, 2.24) is 0 Å². The lowest BCUT2D eigenvalue weighted by Crippen LogP contribution is -2.18. The first kappa shape index (κ1) is 12.5. The summed E-state index contributed by atoms with van der Waals surface area (Å²) < 4.78 is 0. The van der Waals surface area contributed by atoms with Gasteiger partial charge >= 0.3 is 0 Å². The second kappa shape index (κ2) is 4.52. The molecule has 0 aliphatic rings. The van der Waals surface area contributed by atoms with Gasteiger partial charge in [0.2, 0.25) is 0 Å². The highest BCUT2D eigenvalue weighted by Gasteiger charge is 2.18. The average molecular weight is 216 g/mol. The maximum absolute atomic E-state index is 7.35. The molecule has 1 aromatic rings. The Kier molecular flexibility index (Phi) is 3.53. The van der Waals surface area contributed by atoms with Crippen LogP contribution in [0.1, 0.15) is 31.9 Å². The lowest BCUT2D eigenvalue weighted by atomic mass is 9.83. The highest BCUT2D eigenvalue weighted by atomic mass is 15.1. The van der Waals surface area contributed by atoms with Crippen LogP contribution >= 0.6 is 0 Å². The highest BCUT2D eigenvalue weighted by molar-refractivity contribution is 5.81. The molecule has 0 saturated heterocycles. The summed E-state index contributed by atoms with van der Waals surface area (Å²) in [4.78, 5) is 1.73. The van der Waals surface area contributed by atoms with Gasteiger partial charge in [0.05, 0.1) is 6.34 Å². The number of anilines is 1. The molecule has 86 valence electrons. The fourth-order valence-corrected chi connectivity index (χ4v) is 1.94. The summed E-state index contributed by atoms with van der Waals surface area (Å²) in [5.74, 6) is 0. The Labute approximate surface area is 98.1 Å². The molecule has 0 spiro atoms. The Balaban J connectivity index is 3.34. The summed E-state index contributed by atoms with van der Waals surface area (Å²) in [6.45, 7) is 12.4. The molecule has 0 aromatic heterocycles. The van der Waals surface area contributed by atoms with Crippen LogP contribution in [0.3, 0.4) is 0 Å². The molecule has 0 bridgehead atoms. The van der Waals surface area contributed by atoms with Gasteiger partial charge in [0, 0.05) is 11.9 Å². The number of nitrogens with one attached hydrogen (secondary N) is 1. The van der Waals surface area contributed by atoms with Gasteiger partial charge in [-0.15, -0.1) is 0 Å². The molecule has 0 unspecified atom stereocenters. The molecule has 16 heavy (non-hydrogen) atoms. The number of nitrogens with zero attached hydrogens (tertiary/aromatic N) is 1. The van der Waals surface area contributed by atoms with Crippen molar-refractivity contribution in [2.75, 3.05) is 4.90 Å². The quantitative estimate of drug-likeness (QED) is 0.603. The first-order valence-electron chi connectivity index (χ1n) is 5.43. The summed E-state index contributed by atoms with van der Waals surface area (Å²) >= 11 is 0. The molecular weight excluding hydrogens is 196 g/mol. The van der Waals surface area contributed by atoms with Crippen LogP contribution in [0.15, 0.2) is 31.0 Å². The van der Waals surface area contributed by atoms with Gasteiger partial charge in [-0.1, -0.05) is 39.5 Å². The minimum atomic E-state index is 0.120. The Morgan fingerprint density at radius 3 is 2.38 bits per heavy atom. The van der Waals surface area contributed by atoms with Crippen molar-refractivity contribution in [2.45, 2.75) is 33.1 Å². The number of benzene rings is 1. The Bertz CT molecular complexity index is 392. The maximum Gasteiger partial charge on any atom is 0.0902 e. The molecule has 1 rings (SSSR count). The van der Waals surface area contributed by atoms with Gasteiger partial charge in [-0.05, 0) is 29.5 Å². The standard InChI is InChI=1S/C14H20N2/c1-6-16(10-15)13-9-7-8-12(11(13)2)14(3,4)5/h6-10,15H,1H2,2-5H3. The van der Waals surface area contributed by atoms with Crippen LogP contribution in [-0.2, 0) is 5.41 Å². The van der Waals surface area contributed by atoms with Crippen molar-refractivity contribution >= 4 is 12.0 Å². The van der Waals surface area contributed by atoms with Gasteiger partial charge in [-0.25, -0.2) is 0 Å². The Morgan fingerprint density at radius 2 is 1.94 bits per heavy atom. The fourth-order valence-electron chi connectivity index (χ4n) is 1.94. The van der Waals surface area contributed by atoms with Gasteiger partial charge in [0.25, 0.3) is 0 Å². The van der Waals surface area contributed by atoms with E-state index in [1.807, 2.05) is 12.1 Å². The number of hydrogen-bond acceptors (Lipinski definition) is 1. The molecule has 2 nitrogen and oxygen atoms in total. The molecule has 0 atom stereocenters. The van der Waals surface area contributed by atoms with Crippen LogP contribution in [0, 0.1) is 12.3 Å². The van der Waals surface area contributed by atoms with Crippen LogP contribution in [0.5, 0.6) is 0 Å². The summed E-state index contributed by atoms with van der Waals surface area (Å²) in [7, 11) is 0. The zero-order chi connectivity index (χ0) is 12.3. The van der Waals surface area contributed by atoms with E-state index in [9.17, 15) is 0 Å². The number of hydrogen-bond donors (Lipinski definition) is 1. The largest absolute Gasteiger partial charge is 0.309 e. The molecule has 0 aliphatic carbocycles. The Morgan fingerprint density at radius 1 is 1.31 bits per heavy atom. The minimum Gasteiger partial charge on any atom is -0.309 e. The van der Waals surface area contributed by atoms with Crippen LogP contribution in [-0.4, -0.2) is 6.34 Å². The van der Waals surface area contributed by atoms with E-state index in [1.165, 1.54) is 17.5 Å². The summed E-state index contributed by atoms with van der Waals surface area (Å²) in [5.41, 5.74) is 3.66. The molecule has 2 heteroatoms. The van der Waals surface area contributed by atoms with E-state index in [4.69, 9.17) is 5.41 Å². The van der Waals surface area contributed by atoms with E-state index in [-0.39, 0.29) is 5.41 Å². The average Bonchev–Trinajstić information content (AvgIpc) is 2.20. The van der Waals surface area contributed by atoms with Gasteiger partial charge in [-0.3, -0.25) is 5.41 Å². The molecule has 0 saturated carbocycles. The second-order valence-electron chi connectivity index (χ2n) is 4.92. The Hall–Kier alpha value is -1.57. The molecule has 1 N–H and O–H groups in total. The van der Waals surface area contributed by atoms with Gasteiger partial charge in [0.15, 0.2) is 0 Å². The van der Waals surface area contributed by atoms with Crippen molar-refractivity contribution in [3.05, 3.63) is 42.1 Å². The third kappa shape index (κ3) is 2.32. The van der Waals surface area contributed by atoms with Crippen LogP contribution in [0.2, 0.25) is 0 Å². The summed E-state index contributed by atoms with van der Waals surface area (Å²) in [6.07, 6.45) is 2.93. The first-order chi connectivity index (χ1) is 7.41. The molecule has 0 fully saturated rings. The molecule has 0 heterocycles. The second-order valence-corrected chi connectivity index (χ2v) is 4.92. The van der Waals surface area contributed by atoms with Crippen molar-refractivity contribution < 1.29 is 0 Å². The predicted octanol–water partition coefficient (Wildman–Crippen LogP) is 3.85. The fraction of sp³-hybridized carbons (Fsp3) is 0.357. The molecule has 0 radical (unpaired) electrons. The van der Waals surface area contributed by atoms with Crippen molar-refractivity contribution in [3.8, 4) is 0 Å². The summed E-state index contributed by atoms with van der Waals surface area (Å²) in [5, 5.41) is 7.35. The lowest BCUT2D eigenvalue weighted by molar-refractivity contribution is 0.586. The van der Waals surface area contributed by atoms with Crippen molar-refractivity contribution in [1.29, 1.82) is 5.41 Å². The molecule has 1 aromatic carbocycles. The van der Waals surface area contributed by atoms with Gasteiger partial charge in [0.1, 0.15) is 0 Å². The van der Waals surface area contributed by atoms with Crippen molar-refractivity contribution in [2.24, 2.45) is 0 Å². The van der Waals surface area contributed by atoms with Gasteiger partial charge in [-0.2, -0.15) is 0 Å². The maximum atomic E-state index is 7.35. The summed E-state index contributed by atoms with van der Waals surface area (Å²) in [6, 6.07) is 6.18.